The number of rotatable bonds is 6. The number of ether oxygens (including phenoxy) is 1. The van der Waals surface area contributed by atoms with Crippen LogP contribution in [-0.4, -0.2) is 18.7 Å². The van der Waals surface area contributed by atoms with Crippen LogP contribution < -0.4 is 10.1 Å². The van der Waals surface area contributed by atoms with Gasteiger partial charge in [-0.15, -0.1) is 0 Å². The van der Waals surface area contributed by atoms with E-state index < -0.39 is 0 Å². The lowest BCUT2D eigenvalue weighted by Crippen LogP contribution is -2.36. The summed E-state index contributed by atoms with van der Waals surface area (Å²) >= 11 is 5.90. The van der Waals surface area contributed by atoms with E-state index >= 15 is 0 Å². The van der Waals surface area contributed by atoms with Gasteiger partial charge in [-0.05, 0) is 70.8 Å². The van der Waals surface area contributed by atoms with Crippen LogP contribution in [0, 0.1) is 6.92 Å². The molecule has 0 aliphatic carbocycles. The molecule has 0 radical (unpaired) electrons. The topological polar surface area (TPSA) is 21.3 Å². The molecular formula is C15H24ClNO. The molecule has 18 heavy (non-hydrogen) atoms. The first-order valence-corrected chi connectivity index (χ1v) is 6.90. The Bertz CT molecular complexity index is 371. The van der Waals surface area contributed by atoms with E-state index in [0.29, 0.717) is 0 Å². The van der Waals surface area contributed by atoms with E-state index in [4.69, 9.17) is 16.3 Å². The molecule has 1 aromatic carbocycles. The molecule has 1 N–H and O–H groups in total. The van der Waals surface area contributed by atoms with Crippen molar-refractivity contribution < 1.29 is 4.74 Å². The quantitative estimate of drug-likeness (QED) is 0.782. The van der Waals surface area contributed by atoms with Crippen molar-refractivity contribution in [1.82, 2.24) is 5.32 Å². The molecule has 1 aromatic rings. The van der Waals surface area contributed by atoms with Crippen LogP contribution >= 0.6 is 11.6 Å². The summed E-state index contributed by atoms with van der Waals surface area (Å²) in [6.45, 7) is 10.4. The fourth-order valence-corrected chi connectivity index (χ4v) is 1.87. The van der Waals surface area contributed by atoms with E-state index in [9.17, 15) is 0 Å². The van der Waals surface area contributed by atoms with Crippen LogP contribution in [0.2, 0.25) is 5.02 Å². The molecule has 102 valence electrons. The fourth-order valence-electron chi connectivity index (χ4n) is 1.65. The fraction of sp³-hybridized carbons (Fsp3) is 0.600. The van der Waals surface area contributed by atoms with E-state index in [-0.39, 0.29) is 5.54 Å². The van der Waals surface area contributed by atoms with Gasteiger partial charge in [0, 0.05) is 10.6 Å². The average molecular weight is 270 g/mol. The Morgan fingerprint density at radius 3 is 2.56 bits per heavy atom. The third kappa shape index (κ3) is 6.27. The predicted octanol–water partition coefficient (Wildman–Crippen LogP) is 4.20. The van der Waals surface area contributed by atoms with Gasteiger partial charge in [0.1, 0.15) is 5.75 Å². The molecule has 0 unspecified atom stereocenters. The zero-order valence-electron chi connectivity index (χ0n) is 11.8. The highest BCUT2D eigenvalue weighted by Gasteiger charge is 2.07. The second kappa shape index (κ2) is 7.01. The number of benzene rings is 1. The maximum absolute atomic E-state index is 5.90. The summed E-state index contributed by atoms with van der Waals surface area (Å²) in [6.07, 6.45) is 2.19. The Hall–Kier alpha value is -0.730. The lowest BCUT2D eigenvalue weighted by Gasteiger charge is -2.20. The first kappa shape index (κ1) is 15.3. The van der Waals surface area contributed by atoms with Crippen molar-refractivity contribution in [1.29, 1.82) is 0 Å². The van der Waals surface area contributed by atoms with E-state index in [1.807, 2.05) is 25.1 Å². The van der Waals surface area contributed by atoms with Crippen LogP contribution in [0.25, 0.3) is 0 Å². The number of hydrogen-bond donors (Lipinski definition) is 1. The minimum Gasteiger partial charge on any atom is -0.493 e. The van der Waals surface area contributed by atoms with Gasteiger partial charge in [-0.3, -0.25) is 0 Å². The lowest BCUT2D eigenvalue weighted by molar-refractivity contribution is 0.299. The molecule has 0 aliphatic rings. The van der Waals surface area contributed by atoms with Crippen molar-refractivity contribution in [2.24, 2.45) is 0 Å². The van der Waals surface area contributed by atoms with Crippen molar-refractivity contribution in [3.8, 4) is 5.75 Å². The highest BCUT2D eigenvalue weighted by Crippen LogP contribution is 2.21. The van der Waals surface area contributed by atoms with Crippen molar-refractivity contribution >= 4 is 11.6 Å². The molecular weight excluding hydrogens is 246 g/mol. The zero-order chi connectivity index (χ0) is 13.6. The Kier molecular flexibility index (Phi) is 5.97. The summed E-state index contributed by atoms with van der Waals surface area (Å²) in [5.41, 5.74) is 1.29. The first-order valence-electron chi connectivity index (χ1n) is 6.52. The number of nitrogens with one attached hydrogen (secondary N) is 1. The molecule has 1 rings (SSSR count). The molecule has 0 aromatic heterocycles. The third-order valence-electron chi connectivity index (χ3n) is 2.62. The molecule has 0 spiro atoms. The van der Waals surface area contributed by atoms with Crippen molar-refractivity contribution in [2.75, 3.05) is 13.2 Å². The SMILES string of the molecule is Cc1cc(Cl)ccc1OCCCCNC(C)(C)C. The molecule has 0 saturated carbocycles. The normalized spacial score (nSPS) is 11.6. The smallest absolute Gasteiger partial charge is 0.122 e. The summed E-state index contributed by atoms with van der Waals surface area (Å²) in [5.74, 6) is 0.934. The van der Waals surface area contributed by atoms with Gasteiger partial charge in [0.25, 0.3) is 0 Å². The van der Waals surface area contributed by atoms with Gasteiger partial charge >= 0.3 is 0 Å². The van der Waals surface area contributed by atoms with Gasteiger partial charge in [-0.2, -0.15) is 0 Å². The minimum atomic E-state index is 0.202. The highest BCUT2D eigenvalue weighted by molar-refractivity contribution is 6.30. The first-order chi connectivity index (χ1) is 8.38. The molecule has 0 heterocycles. The lowest BCUT2D eigenvalue weighted by atomic mass is 10.1. The van der Waals surface area contributed by atoms with Crippen LogP contribution in [0.3, 0.4) is 0 Å². The summed E-state index contributed by atoms with van der Waals surface area (Å²) < 4.78 is 5.74. The Morgan fingerprint density at radius 2 is 1.94 bits per heavy atom. The minimum absolute atomic E-state index is 0.202. The number of hydrogen-bond acceptors (Lipinski definition) is 2. The van der Waals surface area contributed by atoms with Crippen LogP contribution in [0.5, 0.6) is 5.75 Å². The molecule has 0 saturated heterocycles. The third-order valence-corrected chi connectivity index (χ3v) is 2.86. The van der Waals surface area contributed by atoms with Crippen molar-refractivity contribution in [2.45, 2.75) is 46.1 Å². The van der Waals surface area contributed by atoms with Gasteiger partial charge in [0.15, 0.2) is 0 Å². The average Bonchev–Trinajstić information content (AvgIpc) is 2.24. The Labute approximate surface area is 116 Å². The summed E-state index contributed by atoms with van der Waals surface area (Å²) in [4.78, 5) is 0. The molecule has 0 bridgehead atoms. The second-order valence-electron chi connectivity index (χ2n) is 5.64. The summed E-state index contributed by atoms with van der Waals surface area (Å²) in [6, 6.07) is 5.73. The maximum Gasteiger partial charge on any atom is 0.122 e. The van der Waals surface area contributed by atoms with E-state index in [1.54, 1.807) is 0 Å². The monoisotopic (exact) mass is 269 g/mol. The molecule has 0 amide bonds. The summed E-state index contributed by atoms with van der Waals surface area (Å²) in [5, 5.41) is 4.22. The van der Waals surface area contributed by atoms with Gasteiger partial charge in [0.05, 0.1) is 6.61 Å². The molecule has 0 atom stereocenters. The van der Waals surface area contributed by atoms with Crippen LogP contribution in [-0.2, 0) is 0 Å². The van der Waals surface area contributed by atoms with E-state index in [0.717, 1.165) is 42.3 Å². The summed E-state index contributed by atoms with van der Waals surface area (Å²) in [7, 11) is 0. The number of aryl methyl sites for hydroxylation is 1. The molecule has 0 aliphatic heterocycles. The number of unbranched alkanes of at least 4 members (excludes halogenated alkanes) is 1. The predicted molar refractivity (Wildman–Crippen MR) is 78.7 cm³/mol. The molecule has 3 heteroatoms. The van der Waals surface area contributed by atoms with Gasteiger partial charge in [-0.1, -0.05) is 11.6 Å². The van der Waals surface area contributed by atoms with Crippen LogP contribution in [0.4, 0.5) is 0 Å². The standard InChI is InChI=1S/C15H24ClNO/c1-12-11-13(16)7-8-14(12)18-10-6-5-9-17-15(2,3)4/h7-8,11,17H,5-6,9-10H2,1-4H3. The maximum atomic E-state index is 5.90. The zero-order valence-corrected chi connectivity index (χ0v) is 12.6. The van der Waals surface area contributed by atoms with Gasteiger partial charge in [-0.25, -0.2) is 0 Å². The highest BCUT2D eigenvalue weighted by atomic mass is 35.5. The van der Waals surface area contributed by atoms with Crippen molar-refractivity contribution in [3.63, 3.8) is 0 Å². The van der Waals surface area contributed by atoms with E-state index in [1.165, 1.54) is 0 Å². The molecule has 2 nitrogen and oxygen atoms in total. The van der Waals surface area contributed by atoms with Crippen LogP contribution in [0.1, 0.15) is 39.2 Å². The second-order valence-corrected chi connectivity index (χ2v) is 6.08. The number of halogens is 1. The Morgan fingerprint density at radius 1 is 1.22 bits per heavy atom. The van der Waals surface area contributed by atoms with Crippen molar-refractivity contribution in [3.05, 3.63) is 28.8 Å². The van der Waals surface area contributed by atoms with Gasteiger partial charge in [0.2, 0.25) is 0 Å². The van der Waals surface area contributed by atoms with Crippen LogP contribution in [0.15, 0.2) is 18.2 Å². The Balaban J connectivity index is 2.18. The molecule has 0 fully saturated rings. The van der Waals surface area contributed by atoms with E-state index in [2.05, 4.69) is 26.1 Å². The largest absolute Gasteiger partial charge is 0.493 e. The van der Waals surface area contributed by atoms with Gasteiger partial charge < -0.3 is 10.1 Å².